The average Bonchev–Trinajstić information content (AvgIpc) is 2.90. The van der Waals surface area contributed by atoms with Gasteiger partial charge >= 0.3 is 5.97 Å². The van der Waals surface area contributed by atoms with Crippen molar-refractivity contribution in [2.45, 2.75) is 13.0 Å². The number of nitrogens with zero attached hydrogens (tertiary/aromatic N) is 1. The number of aryl methyl sites for hydroxylation is 1. The van der Waals surface area contributed by atoms with Gasteiger partial charge < -0.3 is 19.5 Å². The van der Waals surface area contributed by atoms with Crippen LogP contribution in [0.3, 0.4) is 0 Å². The zero-order valence-corrected chi connectivity index (χ0v) is 13.7. The van der Waals surface area contributed by atoms with Crippen LogP contribution in [0.5, 0.6) is 5.75 Å². The number of benzene rings is 1. The highest BCUT2D eigenvalue weighted by Crippen LogP contribution is 2.34. The Morgan fingerprint density at radius 2 is 2.22 bits per heavy atom. The van der Waals surface area contributed by atoms with Crippen molar-refractivity contribution in [3.8, 4) is 5.75 Å². The molecule has 0 aliphatic carbocycles. The number of morpholine rings is 1. The Morgan fingerprint density at radius 3 is 2.91 bits per heavy atom. The lowest BCUT2D eigenvalue weighted by atomic mass is 10.1. The second-order valence-corrected chi connectivity index (χ2v) is 6.42. The number of thiophene rings is 1. The molecule has 0 saturated carbocycles. The van der Waals surface area contributed by atoms with Crippen molar-refractivity contribution in [2.24, 2.45) is 0 Å². The number of fused-ring (bicyclic) bond motifs is 1. The van der Waals surface area contributed by atoms with E-state index in [9.17, 15) is 9.59 Å². The number of carbonyl (C=O) groups is 2. The van der Waals surface area contributed by atoms with Gasteiger partial charge in [-0.3, -0.25) is 4.79 Å². The Kier molecular flexibility index (Phi) is 4.23. The molecule has 1 aliphatic heterocycles. The molecule has 1 amide bonds. The normalized spacial score (nSPS) is 18.2. The van der Waals surface area contributed by atoms with E-state index < -0.39 is 12.1 Å². The summed E-state index contributed by atoms with van der Waals surface area (Å²) >= 11 is 1.42. The molecule has 2 heterocycles. The second-order valence-electron chi connectivity index (χ2n) is 5.37. The fourth-order valence-corrected chi connectivity index (χ4v) is 3.82. The molecule has 1 fully saturated rings. The highest BCUT2D eigenvalue weighted by atomic mass is 32.1. The Balaban J connectivity index is 1.91. The van der Waals surface area contributed by atoms with Gasteiger partial charge in [-0.25, -0.2) is 4.79 Å². The summed E-state index contributed by atoms with van der Waals surface area (Å²) in [7, 11) is 1.61. The smallest absolute Gasteiger partial charge is 0.334 e. The number of carboxylic acids is 1. The minimum Gasteiger partial charge on any atom is -0.497 e. The van der Waals surface area contributed by atoms with Gasteiger partial charge in [0.1, 0.15) is 5.75 Å². The highest BCUT2D eigenvalue weighted by molar-refractivity contribution is 7.21. The molecule has 1 aliphatic rings. The predicted molar refractivity (Wildman–Crippen MR) is 86.4 cm³/mol. The molecule has 122 valence electrons. The van der Waals surface area contributed by atoms with Crippen LogP contribution in [0.15, 0.2) is 18.2 Å². The first-order valence-electron chi connectivity index (χ1n) is 7.22. The first kappa shape index (κ1) is 15.8. The van der Waals surface area contributed by atoms with Gasteiger partial charge in [-0.05, 0) is 36.1 Å². The van der Waals surface area contributed by atoms with Crippen LogP contribution in [0.2, 0.25) is 0 Å². The highest BCUT2D eigenvalue weighted by Gasteiger charge is 2.31. The third kappa shape index (κ3) is 2.89. The first-order chi connectivity index (χ1) is 11.0. The Hall–Kier alpha value is -2.12. The third-order valence-electron chi connectivity index (χ3n) is 3.97. The van der Waals surface area contributed by atoms with Crippen molar-refractivity contribution >= 4 is 33.3 Å². The lowest BCUT2D eigenvalue weighted by Gasteiger charge is -2.30. The molecule has 1 saturated heterocycles. The molecule has 0 spiro atoms. The number of methoxy groups -OCH3 is 1. The zero-order valence-electron chi connectivity index (χ0n) is 12.9. The fraction of sp³-hybridized carbons (Fsp3) is 0.375. The largest absolute Gasteiger partial charge is 0.497 e. The van der Waals surface area contributed by atoms with E-state index in [4.69, 9.17) is 14.6 Å². The molecular formula is C16H17NO5S. The summed E-state index contributed by atoms with van der Waals surface area (Å²) in [4.78, 5) is 26.0. The van der Waals surface area contributed by atoms with Crippen LogP contribution >= 0.6 is 11.3 Å². The summed E-state index contributed by atoms with van der Waals surface area (Å²) in [6, 6.07) is 5.71. The number of hydrogen-bond acceptors (Lipinski definition) is 5. The van der Waals surface area contributed by atoms with Gasteiger partial charge in [-0.1, -0.05) is 0 Å². The van der Waals surface area contributed by atoms with Gasteiger partial charge in [0.15, 0.2) is 6.10 Å². The Morgan fingerprint density at radius 1 is 1.43 bits per heavy atom. The van der Waals surface area contributed by atoms with Crippen molar-refractivity contribution in [2.75, 3.05) is 26.8 Å². The minimum absolute atomic E-state index is 0.0746. The Labute approximate surface area is 137 Å². The summed E-state index contributed by atoms with van der Waals surface area (Å²) in [5.41, 5.74) is 0.896. The number of rotatable bonds is 3. The number of amides is 1. The number of ether oxygens (including phenoxy) is 2. The van der Waals surface area contributed by atoms with Crippen LogP contribution < -0.4 is 4.74 Å². The van der Waals surface area contributed by atoms with Gasteiger partial charge in [0.05, 0.1) is 25.1 Å². The standard InChI is InChI=1S/C16H17NO5S/c1-9-11-7-10(21-2)3-4-13(11)23-14(9)15(18)17-5-6-22-12(8-17)16(19)20/h3-4,7,12H,5-6,8H2,1-2H3,(H,19,20)/t12-/m0/s1. The van der Waals surface area contributed by atoms with Crippen LogP contribution in [-0.2, 0) is 9.53 Å². The van der Waals surface area contributed by atoms with E-state index in [0.717, 1.165) is 21.4 Å². The molecular weight excluding hydrogens is 318 g/mol. The monoisotopic (exact) mass is 335 g/mol. The Bertz CT molecular complexity index is 769. The molecule has 3 rings (SSSR count). The van der Waals surface area contributed by atoms with Crippen LogP contribution in [0, 0.1) is 6.92 Å². The minimum atomic E-state index is -1.04. The summed E-state index contributed by atoms with van der Waals surface area (Å²) < 4.78 is 11.4. The van der Waals surface area contributed by atoms with Crippen molar-refractivity contribution in [1.29, 1.82) is 0 Å². The maximum Gasteiger partial charge on any atom is 0.334 e. The van der Waals surface area contributed by atoms with Gasteiger partial charge in [-0.2, -0.15) is 0 Å². The van der Waals surface area contributed by atoms with Crippen molar-refractivity contribution in [1.82, 2.24) is 4.90 Å². The topological polar surface area (TPSA) is 76.1 Å². The third-order valence-corrected chi connectivity index (χ3v) is 5.23. The maximum absolute atomic E-state index is 12.8. The zero-order chi connectivity index (χ0) is 16.6. The number of carbonyl (C=O) groups excluding carboxylic acids is 1. The summed E-state index contributed by atoms with van der Waals surface area (Å²) in [5.74, 6) is -0.438. The van der Waals surface area contributed by atoms with E-state index in [1.165, 1.54) is 11.3 Å². The molecule has 1 N–H and O–H groups in total. The predicted octanol–water partition coefficient (Wildman–Crippen LogP) is 2.14. The second kappa shape index (κ2) is 6.17. The molecule has 1 atom stereocenters. The molecule has 7 heteroatoms. The number of carboxylic acid groups (broad SMARTS) is 1. The molecule has 0 radical (unpaired) electrons. The molecule has 1 aromatic carbocycles. The summed E-state index contributed by atoms with van der Waals surface area (Å²) in [6.45, 7) is 2.62. The summed E-state index contributed by atoms with van der Waals surface area (Å²) in [6.07, 6.45) is -0.956. The first-order valence-corrected chi connectivity index (χ1v) is 8.03. The van der Waals surface area contributed by atoms with Crippen LogP contribution in [-0.4, -0.2) is 54.8 Å². The molecule has 6 nitrogen and oxygen atoms in total. The van der Waals surface area contributed by atoms with E-state index in [2.05, 4.69) is 0 Å². The van der Waals surface area contributed by atoms with E-state index >= 15 is 0 Å². The van der Waals surface area contributed by atoms with Crippen LogP contribution in [0.1, 0.15) is 15.2 Å². The number of hydrogen-bond donors (Lipinski definition) is 1. The van der Waals surface area contributed by atoms with Crippen LogP contribution in [0.25, 0.3) is 10.1 Å². The van der Waals surface area contributed by atoms with Gasteiger partial charge in [0.25, 0.3) is 5.91 Å². The molecule has 23 heavy (non-hydrogen) atoms. The lowest BCUT2D eigenvalue weighted by Crippen LogP contribution is -2.48. The van der Waals surface area contributed by atoms with Gasteiger partial charge in [-0.15, -0.1) is 11.3 Å². The molecule has 0 unspecified atom stereocenters. The SMILES string of the molecule is COc1ccc2sc(C(=O)N3CCO[C@H](C(=O)O)C3)c(C)c2c1. The summed E-state index contributed by atoms with van der Waals surface area (Å²) in [5, 5.41) is 10.0. The van der Waals surface area contributed by atoms with Gasteiger partial charge in [0.2, 0.25) is 0 Å². The lowest BCUT2D eigenvalue weighted by molar-refractivity contribution is -0.154. The van der Waals surface area contributed by atoms with E-state index in [1.807, 2.05) is 25.1 Å². The van der Waals surface area contributed by atoms with Gasteiger partial charge in [0, 0.05) is 11.2 Å². The van der Waals surface area contributed by atoms with Crippen molar-refractivity contribution in [3.05, 3.63) is 28.6 Å². The van der Waals surface area contributed by atoms with E-state index in [0.29, 0.717) is 11.4 Å². The molecule has 0 bridgehead atoms. The molecule has 2 aromatic rings. The average molecular weight is 335 g/mol. The maximum atomic E-state index is 12.8. The van der Waals surface area contributed by atoms with Crippen LogP contribution in [0.4, 0.5) is 0 Å². The van der Waals surface area contributed by atoms with Crippen molar-refractivity contribution < 1.29 is 24.2 Å². The molecule has 1 aromatic heterocycles. The van der Waals surface area contributed by atoms with Crippen molar-refractivity contribution in [3.63, 3.8) is 0 Å². The number of aliphatic carboxylic acids is 1. The van der Waals surface area contributed by atoms with E-state index in [-0.39, 0.29) is 19.1 Å². The quantitative estimate of drug-likeness (QED) is 0.930. The van der Waals surface area contributed by atoms with E-state index in [1.54, 1.807) is 12.0 Å². The fourth-order valence-electron chi connectivity index (χ4n) is 2.66.